The van der Waals surface area contributed by atoms with E-state index in [1.807, 2.05) is 29.2 Å². The average molecular weight is 536 g/mol. The van der Waals surface area contributed by atoms with Crippen molar-refractivity contribution in [3.05, 3.63) is 94.9 Å². The minimum absolute atomic E-state index is 0.0353. The Morgan fingerprint density at radius 1 is 1.00 bits per heavy atom. The maximum absolute atomic E-state index is 15.0. The summed E-state index contributed by atoms with van der Waals surface area (Å²) in [4.78, 5) is 20.1. The van der Waals surface area contributed by atoms with Gasteiger partial charge in [0.15, 0.2) is 5.76 Å². The summed E-state index contributed by atoms with van der Waals surface area (Å²) in [5, 5.41) is 0. The molecule has 4 atom stereocenters. The van der Waals surface area contributed by atoms with E-state index in [2.05, 4.69) is 28.9 Å². The predicted molar refractivity (Wildman–Crippen MR) is 143 cm³/mol. The number of hydrogen-bond acceptors (Lipinski definition) is 5. The number of carbonyl (C=O) groups excluding carboxylic acids is 1. The third kappa shape index (κ3) is 5.38. The monoisotopic (exact) mass is 535 g/mol. The molecule has 0 radical (unpaired) electrons. The number of fused-ring (bicyclic) bond motifs is 1. The Hall–Kier alpha value is -3.07. The van der Waals surface area contributed by atoms with Crippen LogP contribution < -0.4 is 0 Å². The first-order chi connectivity index (χ1) is 19.0. The number of piperidine rings is 1. The molecule has 0 saturated carbocycles. The van der Waals surface area contributed by atoms with Crippen LogP contribution in [0.1, 0.15) is 52.7 Å². The molecule has 0 aliphatic carbocycles. The molecule has 0 N–H and O–H groups in total. The van der Waals surface area contributed by atoms with Gasteiger partial charge in [-0.05, 0) is 42.7 Å². The van der Waals surface area contributed by atoms with Gasteiger partial charge in [-0.1, -0.05) is 36.4 Å². The number of halogens is 2. The third-order valence-electron chi connectivity index (χ3n) is 8.76. The molecule has 3 aliphatic heterocycles. The third-order valence-corrected chi connectivity index (χ3v) is 8.76. The summed E-state index contributed by atoms with van der Waals surface area (Å²) < 4.78 is 40.3. The SMILES string of the molecule is C[C@@H](c1ccc(C(=O)N2CC[C@@H]3[C@H](C2)[C@@H](c2ccc(F)cc2F)CN3Cc2ccccc2)o1)N1CCOCC1. The summed E-state index contributed by atoms with van der Waals surface area (Å²) >= 11 is 0. The lowest BCUT2D eigenvalue weighted by molar-refractivity contribution is 0.0152. The second-order valence-electron chi connectivity index (χ2n) is 11.0. The molecule has 39 heavy (non-hydrogen) atoms. The minimum atomic E-state index is -0.577. The normalized spacial score (nSPS) is 25.0. The highest BCUT2D eigenvalue weighted by Gasteiger charge is 2.47. The quantitative estimate of drug-likeness (QED) is 0.441. The smallest absolute Gasteiger partial charge is 0.289 e. The second-order valence-corrected chi connectivity index (χ2v) is 11.0. The first-order valence-corrected chi connectivity index (χ1v) is 13.9. The number of likely N-dealkylation sites (tertiary alicyclic amines) is 2. The number of nitrogens with zero attached hydrogens (tertiary/aromatic N) is 3. The molecule has 3 aliphatic rings. The maximum Gasteiger partial charge on any atom is 0.289 e. The molecule has 1 aromatic heterocycles. The van der Waals surface area contributed by atoms with Gasteiger partial charge < -0.3 is 14.1 Å². The number of amides is 1. The molecule has 0 spiro atoms. The van der Waals surface area contributed by atoms with Crippen molar-refractivity contribution in [1.82, 2.24) is 14.7 Å². The molecule has 6 rings (SSSR count). The van der Waals surface area contributed by atoms with E-state index in [-0.39, 0.29) is 29.8 Å². The van der Waals surface area contributed by atoms with Crippen molar-refractivity contribution in [1.29, 1.82) is 0 Å². The summed E-state index contributed by atoms with van der Waals surface area (Å²) in [6.45, 7) is 7.69. The molecular weight excluding hydrogens is 500 g/mol. The molecule has 3 aromatic rings. The Morgan fingerprint density at radius 2 is 1.79 bits per heavy atom. The zero-order valence-corrected chi connectivity index (χ0v) is 22.3. The van der Waals surface area contributed by atoms with Crippen molar-refractivity contribution in [3.8, 4) is 0 Å². The molecule has 2 aromatic carbocycles. The topological polar surface area (TPSA) is 49.2 Å². The molecular formula is C31H35F2N3O3. The van der Waals surface area contributed by atoms with Gasteiger partial charge >= 0.3 is 0 Å². The van der Waals surface area contributed by atoms with Crippen molar-refractivity contribution >= 4 is 5.91 Å². The molecule has 0 unspecified atom stereocenters. The van der Waals surface area contributed by atoms with Gasteiger partial charge in [-0.25, -0.2) is 8.78 Å². The zero-order chi connectivity index (χ0) is 26.9. The maximum atomic E-state index is 15.0. The molecule has 0 bridgehead atoms. The van der Waals surface area contributed by atoms with E-state index in [9.17, 15) is 9.18 Å². The first-order valence-electron chi connectivity index (χ1n) is 13.9. The number of carbonyl (C=O) groups is 1. The van der Waals surface area contributed by atoms with Crippen LogP contribution in [0.25, 0.3) is 0 Å². The van der Waals surface area contributed by atoms with Gasteiger partial charge in [0.1, 0.15) is 17.4 Å². The molecule has 206 valence electrons. The van der Waals surface area contributed by atoms with E-state index in [1.165, 1.54) is 11.6 Å². The van der Waals surface area contributed by atoms with Crippen LogP contribution in [-0.2, 0) is 11.3 Å². The van der Waals surface area contributed by atoms with Gasteiger partial charge in [0.25, 0.3) is 5.91 Å². The van der Waals surface area contributed by atoms with Crippen molar-refractivity contribution in [2.75, 3.05) is 45.9 Å². The van der Waals surface area contributed by atoms with Crippen LogP contribution in [-0.4, -0.2) is 72.6 Å². The van der Waals surface area contributed by atoms with Crippen molar-refractivity contribution in [2.24, 2.45) is 5.92 Å². The fourth-order valence-corrected chi connectivity index (χ4v) is 6.65. The van der Waals surface area contributed by atoms with Gasteiger partial charge in [0, 0.05) is 63.2 Å². The molecule has 3 fully saturated rings. The Morgan fingerprint density at radius 3 is 2.56 bits per heavy atom. The van der Waals surface area contributed by atoms with Crippen LogP contribution >= 0.6 is 0 Å². The Labute approximate surface area is 228 Å². The number of hydrogen-bond donors (Lipinski definition) is 0. The summed E-state index contributed by atoms with van der Waals surface area (Å²) in [5.41, 5.74) is 1.73. The summed E-state index contributed by atoms with van der Waals surface area (Å²) in [6, 6.07) is 18.1. The number of ether oxygens (including phenoxy) is 1. The summed E-state index contributed by atoms with van der Waals surface area (Å²) in [5.74, 6) is -0.211. The van der Waals surface area contributed by atoms with Gasteiger partial charge in [-0.2, -0.15) is 0 Å². The Balaban J connectivity index is 1.21. The lowest BCUT2D eigenvalue weighted by Crippen LogP contribution is -2.48. The molecule has 1 amide bonds. The molecule has 6 nitrogen and oxygen atoms in total. The molecule has 3 saturated heterocycles. The standard InChI is InChI=1S/C31H35F2N3O3/c1-21(34-13-15-38-16-14-34)29-9-10-30(39-29)31(37)35-12-11-28-26(20-35)25(24-8-7-23(32)17-27(24)33)19-36(28)18-22-5-3-2-4-6-22/h2-10,17,21,25-26,28H,11-16,18-20H2,1H3/t21-,25+,26+,28+/m0/s1. The second kappa shape index (κ2) is 11.2. The van der Waals surface area contributed by atoms with Gasteiger partial charge in [-0.3, -0.25) is 14.6 Å². The fourth-order valence-electron chi connectivity index (χ4n) is 6.65. The van der Waals surface area contributed by atoms with Gasteiger partial charge in [0.05, 0.1) is 19.3 Å². The van der Waals surface area contributed by atoms with E-state index in [0.717, 1.165) is 37.9 Å². The number of morpholine rings is 1. The van der Waals surface area contributed by atoms with Crippen LogP contribution in [0.4, 0.5) is 8.78 Å². The van der Waals surface area contributed by atoms with Crippen LogP contribution in [0.5, 0.6) is 0 Å². The van der Waals surface area contributed by atoms with Crippen molar-refractivity contribution < 1.29 is 22.7 Å². The number of benzene rings is 2. The van der Waals surface area contributed by atoms with Crippen LogP contribution in [0, 0.1) is 17.6 Å². The molecule has 8 heteroatoms. The highest BCUT2D eigenvalue weighted by molar-refractivity contribution is 5.91. The van der Waals surface area contributed by atoms with Crippen molar-refractivity contribution in [3.63, 3.8) is 0 Å². The van der Waals surface area contributed by atoms with Crippen molar-refractivity contribution in [2.45, 2.75) is 37.9 Å². The fraction of sp³-hybridized carbons (Fsp3) is 0.452. The number of furan rings is 1. The van der Waals surface area contributed by atoms with Crippen LogP contribution in [0.2, 0.25) is 0 Å². The minimum Gasteiger partial charge on any atom is -0.454 e. The lowest BCUT2D eigenvalue weighted by Gasteiger charge is -2.39. The first kappa shape index (κ1) is 26.2. The molecule has 4 heterocycles. The van der Waals surface area contributed by atoms with Crippen LogP contribution in [0.15, 0.2) is 65.1 Å². The van der Waals surface area contributed by atoms with E-state index in [4.69, 9.17) is 9.15 Å². The van der Waals surface area contributed by atoms with E-state index in [1.54, 1.807) is 12.1 Å². The lowest BCUT2D eigenvalue weighted by atomic mass is 9.81. The van der Waals surface area contributed by atoms with Gasteiger partial charge in [0.2, 0.25) is 0 Å². The van der Waals surface area contributed by atoms with E-state index < -0.39 is 11.6 Å². The Bertz CT molecular complexity index is 1290. The predicted octanol–water partition coefficient (Wildman–Crippen LogP) is 5.08. The van der Waals surface area contributed by atoms with Crippen LogP contribution in [0.3, 0.4) is 0 Å². The largest absolute Gasteiger partial charge is 0.454 e. The highest BCUT2D eigenvalue weighted by Crippen LogP contribution is 2.43. The summed E-state index contributed by atoms with van der Waals surface area (Å²) in [7, 11) is 0. The van der Waals surface area contributed by atoms with Gasteiger partial charge in [-0.15, -0.1) is 0 Å². The summed E-state index contributed by atoms with van der Waals surface area (Å²) in [6.07, 6.45) is 0.792. The van der Waals surface area contributed by atoms with E-state index in [0.29, 0.717) is 44.2 Å². The number of rotatable bonds is 6. The van der Waals surface area contributed by atoms with E-state index >= 15 is 4.39 Å². The average Bonchev–Trinajstić information content (AvgIpc) is 3.59. The zero-order valence-electron chi connectivity index (χ0n) is 22.3. The highest BCUT2D eigenvalue weighted by atomic mass is 19.1. The Kier molecular flexibility index (Phi) is 7.51.